The molecule has 2 aromatic rings. The fraction of sp³-hybridized carbons (Fsp3) is 0.333. The maximum Gasteiger partial charge on any atom is 0.229 e. The molecule has 0 unspecified atom stereocenters. The summed E-state index contributed by atoms with van der Waals surface area (Å²) >= 11 is 6.27. The summed E-state index contributed by atoms with van der Waals surface area (Å²) in [4.78, 5) is 12.4. The van der Waals surface area contributed by atoms with Crippen LogP contribution in [0, 0.1) is 11.8 Å². The van der Waals surface area contributed by atoms with E-state index in [4.69, 9.17) is 11.6 Å². The highest BCUT2D eigenvalue weighted by molar-refractivity contribution is 6.33. The minimum atomic E-state index is -0.0190. The Hall–Kier alpha value is -1.85. The number of aromatic nitrogens is 2. The van der Waals surface area contributed by atoms with E-state index in [-0.39, 0.29) is 11.8 Å². The van der Waals surface area contributed by atoms with Gasteiger partial charge in [0.2, 0.25) is 5.91 Å². The second-order valence-corrected chi connectivity index (χ2v) is 5.73. The van der Waals surface area contributed by atoms with Crippen molar-refractivity contribution in [3.8, 4) is 5.69 Å². The minimum absolute atomic E-state index is 0.0168. The molecule has 0 aliphatic carbocycles. The predicted octanol–water partition coefficient (Wildman–Crippen LogP) is 2.32. The first-order valence-electron chi connectivity index (χ1n) is 6.97. The van der Waals surface area contributed by atoms with Crippen LogP contribution >= 0.6 is 11.6 Å². The van der Waals surface area contributed by atoms with Crippen molar-refractivity contribution < 1.29 is 4.79 Å². The van der Waals surface area contributed by atoms with Gasteiger partial charge < -0.3 is 10.6 Å². The smallest absolute Gasteiger partial charge is 0.229 e. The Morgan fingerprint density at radius 3 is 2.95 bits per heavy atom. The van der Waals surface area contributed by atoms with Crippen molar-refractivity contribution in [1.82, 2.24) is 15.1 Å². The van der Waals surface area contributed by atoms with Crippen LogP contribution in [0.2, 0.25) is 5.02 Å². The standard InChI is InChI=1S/C15H17ClN4O/c1-10-8-17-9-11(10)15(21)19-13-5-2-4-12(16)14(13)20-7-3-6-18-20/h2-7,10-11,17H,8-9H2,1H3,(H,19,21)/t10-,11-/m1/s1. The molecule has 2 atom stereocenters. The lowest BCUT2D eigenvalue weighted by molar-refractivity contribution is -0.120. The molecule has 110 valence electrons. The Labute approximate surface area is 128 Å². The summed E-state index contributed by atoms with van der Waals surface area (Å²) < 4.78 is 1.66. The Kier molecular flexibility index (Phi) is 3.94. The molecule has 0 bridgehead atoms. The van der Waals surface area contributed by atoms with Crippen molar-refractivity contribution in [3.63, 3.8) is 0 Å². The molecule has 21 heavy (non-hydrogen) atoms. The first kappa shape index (κ1) is 14.1. The zero-order chi connectivity index (χ0) is 14.8. The lowest BCUT2D eigenvalue weighted by atomic mass is 9.97. The van der Waals surface area contributed by atoms with Crippen molar-refractivity contribution in [2.24, 2.45) is 11.8 Å². The number of anilines is 1. The van der Waals surface area contributed by atoms with Crippen LogP contribution in [0.4, 0.5) is 5.69 Å². The van der Waals surface area contributed by atoms with Gasteiger partial charge in [-0.3, -0.25) is 4.79 Å². The van der Waals surface area contributed by atoms with Gasteiger partial charge in [-0.2, -0.15) is 5.10 Å². The minimum Gasteiger partial charge on any atom is -0.324 e. The molecule has 1 amide bonds. The molecule has 0 saturated carbocycles. The van der Waals surface area contributed by atoms with Gasteiger partial charge in [0.1, 0.15) is 5.69 Å². The first-order valence-corrected chi connectivity index (χ1v) is 7.34. The van der Waals surface area contributed by atoms with E-state index in [9.17, 15) is 4.79 Å². The number of rotatable bonds is 3. The predicted molar refractivity (Wildman–Crippen MR) is 82.7 cm³/mol. The summed E-state index contributed by atoms with van der Waals surface area (Å²) in [5, 5.41) is 11.0. The number of halogens is 1. The highest BCUT2D eigenvalue weighted by atomic mass is 35.5. The van der Waals surface area contributed by atoms with Crippen molar-refractivity contribution in [3.05, 3.63) is 41.7 Å². The van der Waals surface area contributed by atoms with Crippen LogP contribution in [0.3, 0.4) is 0 Å². The monoisotopic (exact) mass is 304 g/mol. The van der Waals surface area contributed by atoms with Crippen LogP contribution < -0.4 is 10.6 Å². The first-order chi connectivity index (χ1) is 10.2. The summed E-state index contributed by atoms with van der Waals surface area (Å²) in [6, 6.07) is 7.26. The van der Waals surface area contributed by atoms with Crippen LogP contribution in [0.25, 0.3) is 5.69 Å². The van der Waals surface area contributed by atoms with Crippen LogP contribution in [0.1, 0.15) is 6.92 Å². The zero-order valence-corrected chi connectivity index (χ0v) is 12.5. The normalized spacial score (nSPS) is 21.4. The average molecular weight is 305 g/mol. The molecule has 1 aliphatic heterocycles. The number of benzene rings is 1. The zero-order valence-electron chi connectivity index (χ0n) is 11.7. The van der Waals surface area contributed by atoms with Crippen molar-refractivity contribution in [2.45, 2.75) is 6.92 Å². The molecule has 1 fully saturated rings. The van der Waals surface area contributed by atoms with Gasteiger partial charge in [-0.15, -0.1) is 0 Å². The third-order valence-corrected chi connectivity index (χ3v) is 4.14. The highest BCUT2D eigenvalue weighted by Crippen LogP contribution is 2.29. The fourth-order valence-electron chi connectivity index (χ4n) is 2.64. The molecule has 1 aliphatic rings. The van der Waals surface area contributed by atoms with Crippen LogP contribution in [0.15, 0.2) is 36.7 Å². The quantitative estimate of drug-likeness (QED) is 0.915. The molecule has 1 aromatic heterocycles. The van der Waals surface area contributed by atoms with Crippen molar-refractivity contribution in [1.29, 1.82) is 0 Å². The Balaban J connectivity index is 1.89. The number of hydrogen-bond donors (Lipinski definition) is 2. The molecule has 2 N–H and O–H groups in total. The van der Waals surface area contributed by atoms with E-state index >= 15 is 0 Å². The highest BCUT2D eigenvalue weighted by Gasteiger charge is 2.30. The van der Waals surface area contributed by atoms with Crippen LogP contribution in [-0.4, -0.2) is 28.8 Å². The second kappa shape index (κ2) is 5.87. The fourth-order valence-corrected chi connectivity index (χ4v) is 2.90. The lowest BCUT2D eigenvalue weighted by Crippen LogP contribution is -2.28. The Morgan fingerprint density at radius 2 is 2.29 bits per heavy atom. The van der Waals surface area contributed by atoms with E-state index in [1.165, 1.54) is 0 Å². The molecule has 0 spiro atoms. The summed E-state index contributed by atoms with van der Waals surface area (Å²) in [7, 11) is 0. The number of amides is 1. The van der Waals surface area contributed by atoms with Gasteiger partial charge in [-0.1, -0.05) is 24.6 Å². The van der Waals surface area contributed by atoms with Crippen molar-refractivity contribution in [2.75, 3.05) is 18.4 Å². The SMILES string of the molecule is C[C@@H]1CNC[C@H]1C(=O)Nc1cccc(Cl)c1-n1cccn1. The molecular weight excluding hydrogens is 288 g/mol. The van der Waals surface area contributed by atoms with Gasteiger partial charge >= 0.3 is 0 Å². The van der Waals surface area contributed by atoms with Crippen LogP contribution in [0.5, 0.6) is 0 Å². The van der Waals surface area contributed by atoms with E-state index in [2.05, 4.69) is 22.7 Å². The summed E-state index contributed by atoms with van der Waals surface area (Å²) in [5.41, 5.74) is 1.37. The van der Waals surface area contributed by atoms with E-state index in [0.717, 1.165) is 6.54 Å². The third kappa shape index (κ3) is 2.80. The van der Waals surface area contributed by atoms with Gasteiger partial charge in [0.25, 0.3) is 0 Å². The summed E-state index contributed by atoms with van der Waals surface area (Å²) in [6.45, 7) is 3.67. The van der Waals surface area contributed by atoms with E-state index in [1.54, 1.807) is 23.1 Å². The van der Waals surface area contributed by atoms with E-state index in [1.807, 2.05) is 18.2 Å². The maximum atomic E-state index is 12.4. The molecule has 2 heterocycles. The molecule has 0 radical (unpaired) electrons. The average Bonchev–Trinajstić information content (AvgIpc) is 3.10. The molecule has 1 aromatic carbocycles. The topological polar surface area (TPSA) is 59.0 Å². The number of carbonyl (C=O) groups excluding carboxylic acids is 1. The lowest BCUT2D eigenvalue weighted by Gasteiger charge is -2.17. The van der Waals surface area contributed by atoms with Gasteiger partial charge in [-0.05, 0) is 30.7 Å². The molecule has 5 nitrogen and oxygen atoms in total. The molecular formula is C15H17ClN4O. The molecule has 3 rings (SSSR count). The summed E-state index contributed by atoms with van der Waals surface area (Å²) in [6.07, 6.45) is 3.48. The number of hydrogen-bond acceptors (Lipinski definition) is 3. The number of carbonyl (C=O) groups is 1. The summed E-state index contributed by atoms with van der Waals surface area (Å²) in [5.74, 6) is 0.329. The van der Waals surface area contributed by atoms with Crippen LogP contribution in [-0.2, 0) is 4.79 Å². The number of nitrogens with one attached hydrogen (secondary N) is 2. The van der Waals surface area contributed by atoms with E-state index < -0.39 is 0 Å². The van der Waals surface area contributed by atoms with Crippen molar-refractivity contribution >= 4 is 23.2 Å². The maximum absolute atomic E-state index is 12.4. The van der Waals surface area contributed by atoms with Gasteiger partial charge in [0, 0.05) is 18.9 Å². The molecule has 6 heteroatoms. The molecule has 1 saturated heterocycles. The Bertz CT molecular complexity index is 641. The third-order valence-electron chi connectivity index (χ3n) is 3.83. The van der Waals surface area contributed by atoms with Gasteiger partial charge in [-0.25, -0.2) is 4.68 Å². The number of para-hydroxylation sites is 1. The van der Waals surface area contributed by atoms with E-state index in [0.29, 0.717) is 28.9 Å². The second-order valence-electron chi connectivity index (χ2n) is 5.32. The number of nitrogens with zero attached hydrogens (tertiary/aromatic N) is 2. The van der Waals surface area contributed by atoms with Gasteiger partial charge in [0.15, 0.2) is 0 Å². The largest absolute Gasteiger partial charge is 0.324 e. The Morgan fingerprint density at radius 1 is 1.43 bits per heavy atom. The van der Waals surface area contributed by atoms with Gasteiger partial charge in [0.05, 0.1) is 16.6 Å².